The third kappa shape index (κ3) is 2.99. The van der Waals surface area contributed by atoms with E-state index in [1.54, 1.807) is 18.9 Å². The Kier molecular flexibility index (Phi) is 4.15. The van der Waals surface area contributed by atoms with E-state index in [1.807, 2.05) is 24.3 Å². The van der Waals surface area contributed by atoms with Crippen molar-refractivity contribution < 1.29 is 4.74 Å². The van der Waals surface area contributed by atoms with Gasteiger partial charge in [-0.3, -0.25) is 0 Å². The van der Waals surface area contributed by atoms with Gasteiger partial charge in [-0.2, -0.15) is 0 Å². The normalized spacial score (nSPS) is 10.3. The van der Waals surface area contributed by atoms with Gasteiger partial charge < -0.3 is 10.5 Å². The molecule has 2 aromatic rings. The van der Waals surface area contributed by atoms with E-state index >= 15 is 0 Å². The van der Waals surface area contributed by atoms with Crippen molar-refractivity contribution in [2.24, 2.45) is 0 Å². The summed E-state index contributed by atoms with van der Waals surface area (Å²) in [5.74, 6) is 1.82. The average Bonchev–Trinajstić information content (AvgIpc) is 2.41. The Morgan fingerprint density at radius 3 is 2.50 bits per heavy atom. The van der Waals surface area contributed by atoms with Crippen molar-refractivity contribution in [1.82, 2.24) is 0 Å². The van der Waals surface area contributed by atoms with Crippen LogP contribution in [0, 0.1) is 6.92 Å². The van der Waals surface area contributed by atoms with Crippen LogP contribution in [0.15, 0.2) is 47.4 Å². The van der Waals surface area contributed by atoms with Crippen molar-refractivity contribution in [1.29, 1.82) is 0 Å². The van der Waals surface area contributed by atoms with E-state index in [0.29, 0.717) is 0 Å². The summed E-state index contributed by atoms with van der Waals surface area (Å²) in [4.78, 5) is 1.23. The van der Waals surface area contributed by atoms with Crippen molar-refractivity contribution in [3.63, 3.8) is 0 Å². The third-order valence-corrected chi connectivity index (χ3v) is 4.00. The smallest absolute Gasteiger partial charge is 0.118 e. The van der Waals surface area contributed by atoms with Gasteiger partial charge in [0.1, 0.15) is 5.75 Å². The number of thioether (sulfide) groups is 1. The first-order valence-electron chi connectivity index (χ1n) is 5.81. The van der Waals surface area contributed by atoms with E-state index < -0.39 is 0 Å². The molecule has 0 aromatic heterocycles. The molecule has 0 unspecified atom stereocenters. The first-order chi connectivity index (χ1) is 8.70. The maximum absolute atomic E-state index is 5.90. The van der Waals surface area contributed by atoms with Crippen molar-refractivity contribution in [2.75, 3.05) is 12.8 Å². The first kappa shape index (κ1) is 12.8. The highest BCUT2D eigenvalue weighted by atomic mass is 32.2. The quantitative estimate of drug-likeness (QED) is 0.668. The van der Waals surface area contributed by atoms with Gasteiger partial charge in [-0.05, 0) is 48.4 Å². The molecule has 0 aliphatic heterocycles. The lowest BCUT2D eigenvalue weighted by atomic mass is 10.1. The summed E-state index contributed by atoms with van der Waals surface area (Å²) in [5, 5.41) is 0. The zero-order chi connectivity index (χ0) is 13.0. The summed E-state index contributed by atoms with van der Waals surface area (Å²) in [6, 6.07) is 14.2. The Hall–Kier alpha value is -1.61. The van der Waals surface area contributed by atoms with Crippen LogP contribution in [0.4, 0.5) is 5.69 Å². The van der Waals surface area contributed by atoms with Gasteiger partial charge in [-0.25, -0.2) is 0 Å². The number of nitrogen functional groups attached to an aromatic ring is 1. The molecule has 0 saturated carbocycles. The summed E-state index contributed by atoms with van der Waals surface area (Å²) < 4.78 is 5.14. The van der Waals surface area contributed by atoms with Gasteiger partial charge >= 0.3 is 0 Å². The molecule has 0 aliphatic rings. The molecular formula is C15H17NOS. The Labute approximate surface area is 112 Å². The maximum Gasteiger partial charge on any atom is 0.118 e. The minimum Gasteiger partial charge on any atom is -0.497 e. The fraction of sp³-hybridized carbons (Fsp3) is 0.200. The summed E-state index contributed by atoms with van der Waals surface area (Å²) >= 11 is 1.80. The number of methoxy groups -OCH3 is 1. The Balaban J connectivity index is 2.04. The Morgan fingerprint density at radius 2 is 1.83 bits per heavy atom. The summed E-state index contributed by atoms with van der Waals surface area (Å²) in [7, 11) is 1.68. The van der Waals surface area contributed by atoms with Gasteiger partial charge in [0.05, 0.1) is 7.11 Å². The van der Waals surface area contributed by atoms with Gasteiger partial charge in [-0.1, -0.05) is 12.1 Å². The zero-order valence-corrected chi connectivity index (χ0v) is 11.5. The number of hydrogen-bond acceptors (Lipinski definition) is 3. The number of benzene rings is 2. The monoisotopic (exact) mass is 259 g/mol. The summed E-state index contributed by atoms with van der Waals surface area (Å²) in [5.41, 5.74) is 9.23. The molecular weight excluding hydrogens is 242 g/mol. The van der Waals surface area contributed by atoms with E-state index in [-0.39, 0.29) is 0 Å². The lowest BCUT2D eigenvalue weighted by molar-refractivity contribution is 0.414. The molecule has 0 bridgehead atoms. The summed E-state index contributed by atoms with van der Waals surface area (Å²) in [6.07, 6.45) is 0. The Morgan fingerprint density at radius 1 is 1.11 bits per heavy atom. The highest BCUT2D eigenvalue weighted by molar-refractivity contribution is 7.98. The topological polar surface area (TPSA) is 35.2 Å². The minimum atomic E-state index is 0.864. The maximum atomic E-state index is 5.90. The van der Waals surface area contributed by atoms with Gasteiger partial charge in [-0.15, -0.1) is 11.8 Å². The van der Waals surface area contributed by atoms with Crippen molar-refractivity contribution >= 4 is 17.4 Å². The molecule has 2 nitrogen and oxygen atoms in total. The lowest BCUT2D eigenvalue weighted by Gasteiger charge is -2.08. The molecule has 0 amide bonds. The molecule has 0 atom stereocenters. The predicted molar refractivity (Wildman–Crippen MR) is 78.1 cm³/mol. The van der Waals surface area contributed by atoms with Crippen LogP contribution in [-0.4, -0.2) is 7.11 Å². The van der Waals surface area contributed by atoms with E-state index in [0.717, 1.165) is 17.2 Å². The lowest BCUT2D eigenvalue weighted by Crippen LogP contribution is -1.93. The number of nitrogens with two attached hydrogens (primary N) is 1. The molecule has 2 aromatic carbocycles. The predicted octanol–water partition coefficient (Wildman–Crippen LogP) is 3.88. The van der Waals surface area contributed by atoms with Crippen LogP contribution in [0.3, 0.4) is 0 Å². The Bertz CT molecular complexity index is 523. The summed E-state index contributed by atoms with van der Waals surface area (Å²) in [6.45, 7) is 2.07. The van der Waals surface area contributed by atoms with E-state index in [1.165, 1.54) is 16.0 Å². The first-order valence-corrected chi connectivity index (χ1v) is 6.80. The molecule has 0 spiro atoms. The molecule has 2 rings (SSSR count). The number of hydrogen-bond donors (Lipinski definition) is 1. The van der Waals surface area contributed by atoms with E-state index in [9.17, 15) is 0 Å². The molecule has 94 valence electrons. The molecule has 0 heterocycles. The molecule has 0 saturated heterocycles. The average molecular weight is 259 g/mol. The second kappa shape index (κ2) is 5.83. The molecule has 0 fully saturated rings. The second-order valence-corrected chi connectivity index (χ2v) is 5.14. The van der Waals surface area contributed by atoms with Crippen LogP contribution in [0.2, 0.25) is 0 Å². The molecule has 18 heavy (non-hydrogen) atoms. The zero-order valence-electron chi connectivity index (χ0n) is 10.6. The van der Waals surface area contributed by atoms with Gasteiger partial charge in [0.25, 0.3) is 0 Å². The molecule has 3 heteroatoms. The number of ether oxygens (including phenoxy) is 1. The largest absolute Gasteiger partial charge is 0.497 e. The van der Waals surface area contributed by atoms with E-state index in [4.69, 9.17) is 10.5 Å². The minimum absolute atomic E-state index is 0.864. The second-order valence-electron chi connectivity index (χ2n) is 4.10. The van der Waals surface area contributed by atoms with Crippen LogP contribution in [0.1, 0.15) is 11.1 Å². The third-order valence-electron chi connectivity index (χ3n) is 2.94. The van der Waals surface area contributed by atoms with Crippen molar-refractivity contribution in [3.8, 4) is 5.75 Å². The SMILES string of the molecule is COc1ccc(SCc2cccc(N)c2C)cc1. The van der Waals surface area contributed by atoms with E-state index in [2.05, 4.69) is 25.1 Å². The van der Waals surface area contributed by atoms with Crippen molar-refractivity contribution in [3.05, 3.63) is 53.6 Å². The van der Waals surface area contributed by atoms with Crippen LogP contribution >= 0.6 is 11.8 Å². The fourth-order valence-corrected chi connectivity index (χ4v) is 2.66. The number of anilines is 1. The van der Waals surface area contributed by atoms with Crippen LogP contribution < -0.4 is 10.5 Å². The van der Waals surface area contributed by atoms with Gasteiger partial charge in [0, 0.05) is 16.3 Å². The molecule has 0 radical (unpaired) electrons. The van der Waals surface area contributed by atoms with Crippen LogP contribution in [-0.2, 0) is 5.75 Å². The highest BCUT2D eigenvalue weighted by Gasteiger charge is 2.02. The standard InChI is InChI=1S/C15H17NOS/c1-11-12(4-3-5-15(11)16)10-18-14-8-6-13(17-2)7-9-14/h3-9H,10,16H2,1-2H3. The van der Waals surface area contributed by atoms with Gasteiger partial charge in [0.2, 0.25) is 0 Å². The van der Waals surface area contributed by atoms with Crippen molar-refractivity contribution in [2.45, 2.75) is 17.6 Å². The molecule has 2 N–H and O–H groups in total. The van der Waals surface area contributed by atoms with Crippen LogP contribution in [0.5, 0.6) is 5.75 Å². The molecule has 0 aliphatic carbocycles. The number of rotatable bonds is 4. The highest BCUT2D eigenvalue weighted by Crippen LogP contribution is 2.27. The van der Waals surface area contributed by atoms with Gasteiger partial charge in [0.15, 0.2) is 0 Å². The van der Waals surface area contributed by atoms with Crippen LogP contribution in [0.25, 0.3) is 0 Å². The fourth-order valence-electron chi connectivity index (χ4n) is 1.69.